The van der Waals surface area contributed by atoms with Crippen molar-refractivity contribution in [3.05, 3.63) is 212 Å². The number of benzene rings is 7. The van der Waals surface area contributed by atoms with Crippen molar-refractivity contribution in [1.82, 2.24) is 0 Å². The molecule has 0 spiro atoms. The van der Waals surface area contributed by atoms with Gasteiger partial charge in [0.25, 0.3) is 0 Å². The van der Waals surface area contributed by atoms with E-state index in [4.69, 9.17) is 7.08 Å². The van der Waals surface area contributed by atoms with Crippen LogP contribution in [0, 0.1) is 0 Å². The van der Waals surface area contributed by atoms with Crippen molar-refractivity contribution in [2.45, 2.75) is 0 Å². The van der Waals surface area contributed by atoms with Crippen LogP contribution in [0.3, 0.4) is 0 Å². The van der Waals surface area contributed by atoms with E-state index in [1.165, 1.54) is 0 Å². The van der Waals surface area contributed by atoms with Gasteiger partial charge in [-0.1, -0.05) is 0 Å². The summed E-state index contributed by atoms with van der Waals surface area (Å²) in [5, 5.41) is 0. The fourth-order valence-electron chi connectivity index (χ4n) is 6.71. The van der Waals surface area contributed by atoms with Crippen molar-refractivity contribution in [2.24, 2.45) is 0 Å². The van der Waals surface area contributed by atoms with Crippen molar-refractivity contribution in [3.8, 4) is 0 Å². The van der Waals surface area contributed by atoms with Gasteiger partial charge in [-0.2, -0.15) is 0 Å². The van der Waals surface area contributed by atoms with Crippen molar-refractivity contribution < 1.29 is 7.08 Å². The van der Waals surface area contributed by atoms with Crippen LogP contribution in [-0.4, -0.2) is 31.4 Å². The molecule has 4 heteroatoms. The number of hydrogen-bond donors (Lipinski definition) is 0. The molecule has 2 nitrogen and oxygen atoms in total. The van der Waals surface area contributed by atoms with Crippen LogP contribution in [0.5, 0.6) is 0 Å². The van der Waals surface area contributed by atoms with Gasteiger partial charge in [-0.25, -0.2) is 0 Å². The van der Waals surface area contributed by atoms with Gasteiger partial charge in [0.15, 0.2) is 0 Å². The molecule has 224 valence electrons. The third kappa shape index (κ3) is 4.98. The molecular formula is C42H35GeO2Sb. The van der Waals surface area contributed by atoms with Crippen LogP contribution < -0.4 is 27.2 Å². The molecule has 0 unspecified atom stereocenters. The van der Waals surface area contributed by atoms with Gasteiger partial charge in [0, 0.05) is 0 Å². The second kappa shape index (κ2) is 13.3. The molecule has 46 heavy (non-hydrogen) atoms. The Labute approximate surface area is 276 Å². The maximum atomic E-state index is 7.88. The monoisotopic (exact) mass is 766 g/mol. The predicted molar refractivity (Wildman–Crippen MR) is 196 cm³/mol. The van der Waals surface area contributed by atoms with E-state index in [0.717, 1.165) is 27.2 Å². The molecule has 0 aliphatic heterocycles. The van der Waals surface area contributed by atoms with E-state index in [2.05, 4.69) is 212 Å². The quantitative estimate of drug-likeness (QED) is 0.109. The van der Waals surface area contributed by atoms with Crippen molar-refractivity contribution >= 4 is 58.6 Å². The van der Waals surface area contributed by atoms with E-state index in [9.17, 15) is 0 Å². The predicted octanol–water partition coefficient (Wildman–Crippen LogP) is 5.13. The van der Waals surface area contributed by atoms with Gasteiger partial charge >= 0.3 is 278 Å². The van der Waals surface area contributed by atoms with Crippen LogP contribution in [-0.2, 0) is 7.08 Å². The van der Waals surface area contributed by atoms with E-state index >= 15 is 0 Å². The molecule has 0 amide bonds. The summed E-state index contributed by atoms with van der Waals surface area (Å²) in [7, 11) is 0. The zero-order chi connectivity index (χ0) is 31.2. The molecule has 0 atom stereocenters. The average Bonchev–Trinajstić information content (AvgIpc) is 3.16. The second-order valence-electron chi connectivity index (χ2n) is 11.3. The van der Waals surface area contributed by atoms with E-state index in [0.29, 0.717) is 0 Å². The van der Waals surface area contributed by atoms with Crippen molar-refractivity contribution in [1.29, 1.82) is 0 Å². The molecule has 0 saturated heterocycles. The van der Waals surface area contributed by atoms with E-state index in [-0.39, 0.29) is 0 Å². The van der Waals surface area contributed by atoms with Gasteiger partial charge in [0.1, 0.15) is 0 Å². The Kier molecular flexibility index (Phi) is 8.80. The molecule has 0 bridgehead atoms. The second-order valence-corrected chi connectivity index (χ2v) is 30.4. The maximum absolute atomic E-state index is 7.88. The van der Waals surface area contributed by atoms with Crippen LogP contribution in [0.15, 0.2) is 212 Å². The minimum atomic E-state index is -5.34. The number of rotatable bonds is 10. The first kappa shape index (κ1) is 30.5. The summed E-state index contributed by atoms with van der Waals surface area (Å²) in [6.45, 7) is 0. The van der Waals surface area contributed by atoms with Crippen LogP contribution in [0.1, 0.15) is 0 Å². The molecule has 0 aliphatic rings. The van der Waals surface area contributed by atoms with Crippen LogP contribution in [0.2, 0.25) is 0 Å². The molecule has 0 heterocycles. The summed E-state index contributed by atoms with van der Waals surface area (Å²) >= 11 is -9.39. The Morgan fingerprint density at radius 3 is 0.739 bits per heavy atom. The summed E-state index contributed by atoms with van der Waals surface area (Å²) in [6, 6.07) is 75.3. The van der Waals surface area contributed by atoms with Gasteiger partial charge < -0.3 is 0 Å². The minimum absolute atomic E-state index is 1.14. The molecule has 0 radical (unpaired) electrons. The van der Waals surface area contributed by atoms with Gasteiger partial charge in [-0.05, 0) is 0 Å². The summed E-state index contributed by atoms with van der Waals surface area (Å²) in [5.41, 5.74) is 0. The Bertz CT molecular complexity index is 1710. The Morgan fingerprint density at radius 1 is 0.283 bits per heavy atom. The molecule has 0 aromatic heterocycles. The Morgan fingerprint density at radius 2 is 0.500 bits per heavy atom. The first-order chi connectivity index (χ1) is 22.8. The fourth-order valence-corrected chi connectivity index (χ4v) is 32.5. The zero-order valence-corrected chi connectivity index (χ0v) is 30.1. The average molecular weight is 766 g/mol. The number of hydrogen-bond acceptors (Lipinski definition) is 2. The van der Waals surface area contributed by atoms with Gasteiger partial charge in [-0.15, -0.1) is 0 Å². The third-order valence-electron chi connectivity index (χ3n) is 8.85. The van der Waals surface area contributed by atoms with E-state index in [1.54, 1.807) is 0 Å². The molecular weight excluding hydrogens is 731 g/mol. The van der Waals surface area contributed by atoms with Crippen LogP contribution >= 0.6 is 0 Å². The summed E-state index contributed by atoms with van der Waals surface area (Å²) in [6.07, 6.45) is 0. The van der Waals surface area contributed by atoms with Gasteiger partial charge in [0.2, 0.25) is 0 Å². The molecule has 0 N–H and O–H groups in total. The SMILES string of the molecule is c1cc[c]([Ge]([O][O][Sb]([c]2ccccc2)([c]2ccccc2)([c]2ccccc2)[c]2ccccc2)([c]2ccccc2)[c]2ccccc2)cc1. The molecule has 0 saturated carbocycles. The zero-order valence-electron chi connectivity index (χ0n) is 25.5. The van der Waals surface area contributed by atoms with Crippen LogP contribution in [0.4, 0.5) is 0 Å². The molecule has 0 aliphatic carbocycles. The summed E-state index contributed by atoms with van der Waals surface area (Å²) in [5.74, 6) is 0. The first-order valence-electron chi connectivity index (χ1n) is 15.6. The van der Waals surface area contributed by atoms with Gasteiger partial charge in [0.05, 0.1) is 0 Å². The molecule has 7 rings (SSSR count). The standard InChI is InChI=1S/C18H16GeO2.4C6H5.Sb/c20-21-19(16-10-4-1-5-11-16,17-12-6-2-7-13-17)18-14-8-3-9-15-18;4*1-2-4-6-5-3-1;/h1-15,20H;4*1-5H;/q;;;;;+1/p-1. The summed E-state index contributed by atoms with van der Waals surface area (Å²) in [4.78, 5) is 0. The van der Waals surface area contributed by atoms with Gasteiger partial charge in [-0.3, -0.25) is 0 Å². The molecule has 7 aromatic carbocycles. The third-order valence-corrected chi connectivity index (χ3v) is 33.4. The van der Waals surface area contributed by atoms with E-state index in [1.807, 2.05) is 0 Å². The first-order valence-corrected chi connectivity index (χ1v) is 25.7. The topological polar surface area (TPSA) is 18.5 Å². The molecule has 7 aromatic rings. The van der Waals surface area contributed by atoms with Crippen LogP contribution in [0.25, 0.3) is 0 Å². The van der Waals surface area contributed by atoms with Crippen molar-refractivity contribution in [3.63, 3.8) is 0 Å². The Hall–Kier alpha value is -4.18. The normalized spacial score (nSPS) is 12.6. The molecule has 0 fully saturated rings. The van der Waals surface area contributed by atoms with Crippen molar-refractivity contribution in [2.75, 3.05) is 0 Å². The summed E-state index contributed by atoms with van der Waals surface area (Å²) < 4.78 is 23.6. The Balaban J connectivity index is 1.63. The van der Waals surface area contributed by atoms with E-state index < -0.39 is 31.4 Å². The fraction of sp³-hybridized carbons (Fsp3) is 0.